The molecule has 3 heterocycles. The Labute approximate surface area is 174 Å². The minimum Gasteiger partial charge on any atom is -0.454 e. The summed E-state index contributed by atoms with van der Waals surface area (Å²) in [5.41, 5.74) is 1.53. The van der Waals surface area contributed by atoms with Gasteiger partial charge in [0.25, 0.3) is 5.56 Å². The zero-order valence-corrected chi connectivity index (χ0v) is 16.4. The summed E-state index contributed by atoms with van der Waals surface area (Å²) in [7, 11) is 0. The van der Waals surface area contributed by atoms with E-state index in [1.807, 2.05) is 18.2 Å². The second-order valence-corrected chi connectivity index (χ2v) is 7.52. The molecule has 0 aliphatic carbocycles. The van der Waals surface area contributed by atoms with Crippen LogP contribution in [0.3, 0.4) is 0 Å². The van der Waals surface area contributed by atoms with E-state index in [4.69, 9.17) is 9.47 Å². The predicted molar refractivity (Wildman–Crippen MR) is 109 cm³/mol. The number of fused-ring (bicyclic) bond motifs is 2. The van der Waals surface area contributed by atoms with Crippen LogP contribution in [-0.2, 0) is 12.3 Å². The lowest BCUT2D eigenvalue weighted by Gasteiger charge is -2.13. The number of halogens is 1. The van der Waals surface area contributed by atoms with E-state index in [-0.39, 0.29) is 35.9 Å². The standard InChI is InChI=1S/C21H15FN4O3S/c22-15-4-2-1-3-14(15)11-30-21-25-19-18(23-7-8-24-19)20(27)26(21)10-13-5-6-16-17(9-13)29-12-28-16/h1-9H,10-12H2. The van der Waals surface area contributed by atoms with Gasteiger partial charge in [-0.1, -0.05) is 36.0 Å². The number of hydrogen-bond donors (Lipinski definition) is 0. The summed E-state index contributed by atoms with van der Waals surface area (Å²) in [5, 5.41) is 0.439. The topological polar surface area (TPSA) is 79.1 Å². The Bertz CT molecular complexity index is 1310. The molecule has 0 fully saturated rings. The Morgan fingerprint density at radius 1 is 1.07 bits per heavy atom. The van der Waals surface area contributed by atoms with Gasteiger partial charge in [0.05, 0.1) is 6.54 Å². The van der Waals surface area contributed by atoms with Gasteiger partial charge in [-0.2, -0.15) is 0 Å². The summed E-state index contributed by atoms with van der Waals surface area (Å²) in [6.45, 7) is 0.435. The fraction of sp³-hybridized carbons (Fsp3) is 0.143. The van der Waals surface area contributed by atoms with Crippen LogP contribution in [0.2, 0.25) is 0 Å². The highest BCUT2D eigenvalue weighted by atomic mass is 32.2. The summed E-state index contributed by atoms with van der Waals surface area (Å²) < 4.78 is 26.4. The van der Waals surface area contributed by atoms with Crippen molar-refractivity contribution in [2.45, 2.75) is 17.5 Å². The van der Waals surface area contributed by atoms with E-state index >= 15 is 0 Å². The van der Waals surface area contributed by atoms with Gasteiger partial charge in [-0.3, -0.25) is 9.36 Å². The van der Waals surface area contributed by atoms with E-state index in [1.165, 1.54) is 34.8 Å². The van der Waals surface area contributed by atoms with Gasteiger partial charge in [-0.15, -0.1) is 0 Å². The third-order valence-corrected chi connectivity index (χ3v) is 5.68. The molecule has 0 radical (unpaired) electrons. The average Bonchev–Trinajstić information content (AvgIpc) is 3.23. The van der Waals surface area contributed by atoms with Gasteiger partial charge in [0, 0.05) is 18.1 Å². The average molecular weight is 422 g/mol. The van der Waals surface area contributed by atoms with Crippen molar-refractivity contribution in [2.24, 2.45) is 0 Å². The van der Waals surface area contributed by atoms with Gasteiger partial charge in [0.1, 0.15) is 5.82 Å². The first kappa shape index (κ1) is 18.6. The summed E-state index contributed by atoms with van der Waals surface area (Å²) >= 11 is 1.28. The fourth-order valence-electron chi connectivity index (χ4n) is 3.16. The molecular weight excluding hydrogens is 407 g/mol. The Hall–Kier alpha value is -3.46. The Morgan fingerprint density at radius 3 is 2.80 bits per heavy atom. The number of benzene rings is 2. The molecular formula is C21H15FN4O3S. The molecule has 7 nitrogen and oxygen atoms in total. The third-order valence-electron chi connectivity index (χ3n) is 4.65. The minimum absolute atomic E-state index is 0.176. The molecule has 1 aliphatic heterocycles. The quantitative estimate of drug-likeness (QED) is 0.360. The number of hydrogen-bond acceptors (Lipinski definition) is 7. The molecule has 0 amide bonds. The molecule has 4 aromatic rings. The molecule has 0 N–H and O–H groups in total. The van der Waals surface area contributed by atoms with Crippen molar-refractivity contribution in [3.63, 3.8) is 0 Å². The monoisotopic (exact) mass is 422 g/mol. The van der Waals surface area contributed by atoms with Crippen LogP contribution < -0.4 is 15.0 Å². The predicted octanol–water partition coefficient (Wildman–Crippen LogP) is 3.39. The van der Waals surface area contributed by atoms with Gasteiger partial charge in [0.2, 0.25) is 6.79 Å². The number of aromatic nitrogens is 4. The van der Waals surface area contributed by atoms with Crippen molar-refractivity contribution >= 4 is 22.9 Å². The van der Waals surface area contributed by atoms with E-state index in [2.05, 4.69) is 15.0 Å². The highest BCUT2D eigenvalue weighted by Gasteiger charge is 2.17. The molecule has 0 atom stereocenters. The maximum Gasteiger partial charge on any atom is 0.282 e. The lowest BCUT2D eigenvalue weighted by atomic mass is 10.2. The SMILES string of the molecule is O=c1c2nccnc2nc(SCc2ccccc2F)n1Cc1ccc2c(c1)OCO2. The van der Waals surface area contributed by atoms with Crippen LogP contribution in [0, 0.1) is 5.82 Å². The number of ether oxygens (including phenoxy) is 2. The van der Waals surface area contributed by atoms with Crippen molar-refractivity contribution < 1.29 is 13.9 Å². The van der Waals surface area contributed by atoms with Gasteiger partial charge in [-0.05, 0) is 29.3 Å². The molecule has 0 spiro atoms. The maximum absolute atomic E-state index is 14.0. The van der Waals surface area contributed by atoms with E-state index in [0.29, 0.717) is 28.0 Å². The molecule has 5 rings (SSSR count). The first-order valence-electron chi connectivity index (χ1n) is 9.15. The van der Waals surface area contributed by atoms with E-state index in [0.717, 1.165) is 5.56 Å². The summed E-state index contributed by atoms with van der Waals surface area (Å²) in [6, 6.07) is 12.1. The molecule has 0 saturated carbocycles. The van der Waals surface area contributed by atoms with Crippen molar-refractivity contribution in [3.8, 4) is 11.5 Å². The Morgan fingerprint density at radius 2 is 1.90 bits per heavy atom. The number of nitrogens with zero attached hydrogens (tertiary/aromatic N) is 4. The van der Waals surface area contributed by atoms with Gasteiger partial charge in [0.15, 0.2) is 27.8 Å². The lowest BCUT2D eigenvalue weighted by Crippen LogP contribution is -2.25. The molecule has 0 unspecified atom stereocenters. The fourth-order valence-corrected chi connectivity index (χ4v) is 4.13. The molecule has 0 saturated heterocycles. The van der Waals surface area contributed by atoms with Crippen LogP contribution in [0.4, 0.5) is 4.39 Å². The van der Waals surface area contributed by atoms with Crippen LogP contribution in [0.1, 0.15) is 11.1 Å². The minimum atomic E-state index is -0.304. The van der Waals surface area contributed by atoms with Crippen LogP contribution in [0.25, 0.3) is 11.2 Å². The second-order valence-electron chi connectivity index (χ2n) is 6.58. The third kappa shape index (κ3) is 3.48. The first-order chi connectivity index (χ1) is 14.7. The van der Waals surface area contributed by atoms with Crippen molar-refractivity contribution in [2.75, 3.05) is 6.79 Å². The van der Waals surface area contributed by atoms with Crippen molar-refractivity contribution in [1.82, 2.24) is 19.5 Å². The highest BCUT2D eigenvalue weighted by Crippen LogP contribution is 2.33. The molecule has 30 heavy (non-hydrogen) atoms. The van der Waals surface area contributed by atoms with Gasteiger partial charge < -0.3 is 9.47 Å². The molecule has 150 valence electrons. The lowest BCUT2D eigenvalue weighted by molar-refractivity contribution is 0.174. The van der Waals surface area contributed by atoms with Gasteiger partial charge in [-0.25, -0.2) is 19.3 Å². The van der Waals surface area contributed by atoms with E-state index < -0.39 is 0 Å². The largest absolute Gasteiger partial charge is 0.454 e. The molecule has 2 aromatic carbocycles. The molecule has 0 bridgehead atoms. The Balaban J connectivity index is 1.54. The van der Waals surface area contributed by atoms with Crippen molar-refractivity contribution in [3.05, 3.63) is 82.2 Å². The molecule has 9 heteroatoms. The Kier molecular flexibility index (Phi) is 4.80. The highest BCUT2D eigenvalue weighted by molar-refractivity contribution is 7.98. The molecule has 1 aliphatic rings. The number of thioether (sulfide) groups is 1. The van der Waals surface area contributed by atoms with Crippen LogP contribution in [0.15, 0.2) is 64.8 Å². The van der Waals surface area contributed by atoms with E-state index in [9.17, 15) is 9.18 Å². The normalized spacial score (nSPS) is 12.4. The van der Waals surface area contributed by atoms with Gasteiger partial charge >= 0.3 is 0 Å². The van der Waals surface area contributed by atoms with Crippen LogP contribution >= 0.6 is 11.8 Å². The zero-order chi connectivity index (χ0) is 20.5. The van der Waals surface area contributed by atoms with Crippen LogP contribution in [-0.4, -0.2) is 26.3 Å². The van der Waals surface area contributed by atoms with Crippen LogP contribution in [0.5, 0.6) is 11.5 Å². The second kappa shape index (κ2) is 7.75. The van der Waals surface area contributed by atoms with Crippen molar-refractivity contribution in [1.29, 1.82) is 0 Å². The smallest absolute Gasteiger partial charge is 0.282 e. The summed E-state index contributed by atoms with van der Waals surface area (Å²) in [4.78, 5) is 26.0. The number of rotatable bonds is 5. The first-order valence-corrected chi connectivity index (χ1v) is 10.1. The molecule has 2 aromatic heterocycles. The summed E-state index contributed by atoms with van der Waals surface area (Å²) in [5.74, 6) is 1.33. The van der Waals surface area contributed by atoms with E-state index in [1.54, 1.807) is 18.2 Å². The zero-order valence-electron chi connectivity index (χ0n) is 15.6. The maximum atomic E-state index is 14.0. The summed E-state index contributed by atoms with van der Waals surface area (Å²) in [6.07, 6.45) is 2.95.